The molecule has 7 aliphatic rings. The van der Waals surface area contributed by atoms with Crippen LogP contribution in [0.25, 0.3) is 0 Å². The van der Waals surface area contributed by atoms with Crippen LogP contribution in [0.4, 0.5) is 0 Å². The summed E-state index contributed by atoms with van der Waals surface area (Å²) in [5.41, 5.74) is 4.53. The number of terminal acetylenes is 1. The molecule has 0 spiro atoms. The van der Waals surface area contributed by atoms with E-state index in [-0.39, 0.29) is 22.9 Å². The van der Waals surface area contributed by atoms with Crippen LogP contribution in [-0.2, 0) is 16.0 Å². The standard InChI is InChI=1S/C23H31NO3.C18H24O2/c1-4-22-12-10-19-18-9-7-17(24-26)14-16(18)6-8-20(19)21(22)11-13-23(22,5-2)27-15(3)25;1-18-9-8-14-13-5-3-12(19)10-11(13)2-4-15(14)16(18)6-7-17(18)20/h2,14,18-21,26H,4,6-13H2,1,3H3;3,5,10,14-17,19-20H,2,4,6-9H2,1H3/b24-17+;/t18-,19+,20+,21-,22-,23-;14-,15-,16+,17+,18+/m01/s1. The van der Waals surface area contributed by atoms with E-state index in [1.165, 1.54) is 49.3 Å². The number of aliphatic hydroxyl groups is 1. The quantitative estimate of drug-likeness (QED) is 0.131. The molecule has 0 unspecified atom stereocenters. The third-order valence-corrected chi connectivity index (χ3v) is 15.1. The first-order valence-corrected chi connectivity index (χ1v) is 18.7. The number of nitrogens with zero attached hydrogens (tertiary/aromatic N) is 1. The van der Waals surface area contributed by atoms with E-state index in [4.69, 9.17) is 16.4 Å². The molecule has 0 bridgehead atoms. The van der Waals surface area contributed by atoms with Crippen molar-refractivity contribution >= 4 is 11.7 Å². The molecule has 0 radical (unpaired) electrons. The predicted octanol–water partition coefficient (Wildman–Crippen LogP) is 8.32. The van der Waals surface area contributed by atoms with Crippen LogP contribution in [0.3, 0.4) is 0 Å². The van der Waals surface area contributed by atoms with Gasteiger partial charge < -0.3 is 20.2 Å². The van der Waals surface area contributed by atoms with Gasteiger partial charge in [0.2, 0.25) is 0 Å². The zero-order valence-corrected chi connectivity index (χ0v) is 28.7. The summed E-state index contributed by atoms with van der Waals surface area (Å²) >= 11 is 0. The molecule has 6 heteroatoms. The number of oxime groups is 1. The van der Waals surface area contributed by atoms with E-state index in [1.54, 1.807) is 0 Å². The lowest BCUT2D eigenvalue weighted by Gasteiger charge is -2.56. The summed E-state index contributed by atoms with van der Waals surface area (Å²) in [6.45, 7) is 6.03. The number of aliphatic hydroxyl groups excluding tert-OH is 1. The summed E-state index contributed by atoms with van der Waals surface area (Å²) in [7, 11) is 0. The number of rotatable bonds is 2. The minimum absolute atomic E-state index is 0.0673. The number of esters is 1. The zero-order valence-electron chi connectivity index (χ0n) is 28.7. The Labute approximate surface area is 281 Å². The number of benzene rings is 1. The fraction of sp³-hybridized carbons (Fsp3) is 0.707. The summed E-state index contributed by atoms with van der Waals surface area (Å²) in [5, 5.41) is 32.6. The molecule has 0 aromatic heterocycles. The Hall–Kier alpha value is -2.78. The van der Waals surface area contributed by atoms with Gasteiger partial charge in [-0.05, 0) is 172 Å². The van der Waals surface area contributed by atoms with Gasteiger partial charge in [-0.1, -0.05) is 36.6 Å². The van der Waals surface area contributed by atoms with Crippen LogP contribution in [0, 0.1) is 58.7 Å². The molecule has 0 saturated heterocycles. The molecule has 0 aliphatic heterocycles. The third-order valence-electron chi connectivity index (χ3n) is 15.1. The summed E-state index contributed by atoms with van der Waals surface area (Å²) in [6, 6.07) is 5.96. The number of carbonyl (C=O) groups is 1. The zero-order chi connectivity index (χ0) is 33.1. The molecule has 3 N–H and O–H groups in total. The molecule has 11 atom stereocenters. The van der Waals surface area contributed by atoms with Crippen molar-refractivity contribution in [3.05, 3.63) is 41.0 Å². The van der Waals surface area contributed by atoms with Gasteiger partial charge in [-0.25, -0.2) is 0 Å². The van der Waals surface area contributed by atoms with Crippen molar-refractivity contribution < 1.29 is 25.0 Å². The molecule has 8 rings (SSSR count). The number of fused-ring (bicyclic) bond motifs is 10. The Morgan fingerprint density at radius 3 is 2.51 bits per heavy atom. The van der Waals surface area contributed by atoms with E-state index in [0.29, 0.717) is 41.3 Å². The molecule has 1 aromatic carbocycles. The number of carbonyl (C=O) groups excluding carboxylic acids is 1. The number of hydrogen-bond donors (Lipinski definition) is 3. The Morgan fingerprint density at radius 2 is 1.77 bits per heavy atom. The van der Waals surface area contributed by atoms with Crippen molar-refractivity contribution in [1.82, 2.24) is 0 Å². The van der Waals surface area contributed by atoms with Crippen molar-refractivity contribution in [3.8, 4) is 18.1 Å². The van der Waals surface area contributed by atoms with E-state index in [2.05, 4.69) is 37.1 Å². The number of phenols is 1. The lowest BCUT2D eigenvalue weighted by Crippen LogP contribution is -2.55. The first kappa shape index (κ1) is 32.8. The number of aromatic hydroxyl groups is 1. The van der Waals surface area contributed by atoms with Gasteiger partial charge in [0.15, 0.2) is 5.60 Å². The fourth-order valence-electron chi connectivity index (χ4n) is 13.0. The van der Waals surface area contributed by atoms with Crippen molar-refractivity contribution in [2.24, 2.45) is 51.5 Å². The molecule has 47 heavy (non-hydrogen) atoms. The molecule has 5 saturated carbocycles. The Bertz CT molecular complexity index is 1490. The maximum atomic E-state index is 11.9. The van der Waals surface area contributed by atoms with E-state index >= 15 is 0 Å². The molecule has 6 nitrogen and oxygen atoms in total. The monoisotopic (exact) mass is 641 g/mol. The first-order chi connectivity index (χ1) is 22.6. The summed E-state index contributed by atoms with van der Waals surface area (Å²) in [5.74, 6) is 7.74. The summed E-state index contributed by atoms with van der Waals surface area (Å²) in [4.78, 5) is 11.9. The highest BCUT2D eigenvalue weighted by molar-refractivity contribution is 5.96. The van der Waals surface area contributed by atoms with Gasteiger partial charge in [-0.15, -0.1) is 6.42 Å². The van der Waals surface area contributed by atoms with Crippen LogP contribution in [0.1, 0.15) is 128 Å². The molecule has 7 aliphatic carbocycles. The molecule has 1 aromatic rings. The number of allylic oxidation sites excluding steroid dienone is 2. The summed E-state index contributed by atoms with van der Waals surface area (Å²) in [6.07, 6.45) is 24.3. The second-order valence-corrected chi connectivity index (χ2v) is 16.5. The van der Waals surface area contributed by atoms with Gasteiger partial charge in [0.05, 0.1) is 11.8 Å². The van der Waals surface area contributed by atoms with Crippen molar-refractivity contribution in [2.45, 2.75) is 135 Å². The van der Waals surface area contributed by atoms with Crippen LogP contribution in [0.5, 0.6) is 5.75 Å². The minimum atomic E-state index is -0.720. The van der Waals surface area contributed by atoms with E-state index in [1.807, 2.05) is 12.1 Å². The predicted molar refractivity (Wildman–Crippen MR) is 183 cm³/mol. The van der Waals surface area contributed by atoms with E-state index in [0.717, 1.165) is 82.3 Å². The van der Waals surface area contributed by atoms with Crippen LogP contribution in [-0.4, -0.2) is 38.8 Å². The van der Waals surface area contributed by atoms with Gasteiger partial charge in [-0.2, -0.15) is 0 Å². The maximum absolute atomic E-state index is 11.9. The molecule has 5 fully saturated rings. The van der Waals surface area contributed by atoms with Gasteiger partial charge in [0, 0.05) is 12.3 Å². The average molecular weight is 642 g/mol. The topological polar surface area (TPSA) is 99.4 Å². The third kappa shape index (κ3) is 5.08. The highest BCUT2D eigenvalue weighted by atomic mass is 16.6. The highest BCUT2D eigenvalue weighted by Gasteiger charge is 2.65. The number of aryl methyl sites for hydroxylation is 1. The molecule has 0 amide bonds. The smallest absolute Gasteiger partial charge is 0.304 e. The number of hydrogen-bond acceptors (Lipinski definition) is 6. The lowest BCUT2D eigenvalue weighted by atomic mass is 9.49. The van der Waals surface area contributed by atoms with Gasteiger partial charge in [0.1, 0.15) is 5.75 Å². The molecule has 254 valence electrons. The Morgan fingerprint density at radius 1 is 0.957 bits per heavy atom. The molecule has 0 heterocycles. The van der Waals surface area contributed by atoms with Crippen LogP contribution < -0.4 is 0 Å². The maximum Gasteiger partial charge on any atom is 0.304 e. The second-order valence-electron chi connectivity index (χ2n) is 16.5. The van der Waals surface area contributed by atoms with Crippen molar-refractivity contribution in [3.63, 3.8) is 0 Å². The highest BCUT2D eigenvalue weighted by Crippen LogP contribution is 2.67. The fourth-order valence-corrected chi connectivity index (χ4v) is 13.0. The molecular weight excluding hydrogens is 586 g/mol. The second kappa shape index (κ2) is 12.3. The van der Waals surface area contributed by atoms with Crippen LogP contribution in [0.2, 0.25) is 0 Å². The van der Waals surface area contributed by atoms with E-state index in [9.17, 15) is 15.0 Å². The van der Waals surface area contributed by atoms with Gasteiger partial charge in [-0.3, -0.25) is 4.79 Å². The normalized spacial score (nSPS) is 43.7. The Kier molecular flexibility index (Phi) is 8.55. The Balaban J connectivity index is 0.000000156. The number of phenolic OH excluding ortho intramolecular Hbond substituents is 1. The SMILES string of the molecule is C#C[C@]1(OC(C)=O)CC[C@H]2[C@@H]3CCC4=C/C(=N/O)CC[C@@H]4[C@H]3CC[C@@]21CC.C[C@]12CC[C@@H]3c4ccc(O)cc4CC[C@H]3[C@@H]1CC[C@@H]2O. The van der Waals surface area contributed by atoms with Crippen LogP contribution in [0.15, 0.2) is 35.0 Å². The summed E-state index contributed by atoms with van der Waals surface area (Å²) < 4.78 is 5.90. The van der Waals surface area contributed by atoms with Gasteiger partial charge >= 0.3 is 5.97 Å². The van der Waals surface area contributed by atoms with Crippen molar-refractivity contribution in [2.75, 3.05) is 0 Å². The van der Waals surface area contributed by atoms with Crippen LogP contribution >= 0.6 is 0 Å². The average Bonchev–Trinajstić information content (AvgIpc) is 3.57. The van der Waals surface area contributed by atoms with Gasteiger partial charge in [0.25, 0.3) is 0 Å². The lowest BCUT2D eigenvalue weighted by molar-refractivity contribution is -0.170. The van der Waals surface area contributed by atoms with Crippen molar-refractivity contribution in [1.29, 1.82) is 0 Å². The number of ether oxygens (including phenoxy) is 1. The largest absolute Gasteiger partial charge is 0.508 e. The molecular formula is C41H55NO5. The van der Waals surface area contributed by atoms with E-state index < -0.39 is 5.60 Å². The first-order valence-electron chi connectivity index (χ1n) is 18.7. The minimum Gasteiger partial charge on any atom is -0.508 e.